The summed E-state index contributed by atoms with van der Waals surface area (Å²) in [6, 6.07) is 5.21. The minimum absolute atomic E-state index is 0.122. The van der Waals surface area contributed by atoms with Crippen molar-refractivity contribution in [3.8, 4) is 11.5 Å². The number of methoxy groups -OCH3 is 2. The van der Waals surface area contributed by atoms with Crippen molar-refractivity contribution in [2.75, 3.05) is 27.3 Å². The molecule has 1 heterocycles. The van der Waals surface area contributed by atoms with Gasteiger partial charge in [0.25, 0.3) is 5.91 Å². The monoisotopic (exact) mass is 263 g/mol. The lowest BCUT2D eigenvalue weighted by Crippen LogP contribution is -2.38. The molecule has 5 nitrogen and oxygen atoms in total. The fourth-order valence-corrected chi connectivity index (χ4v) is 2.19. The van der Waals surface area contributed by atoms with Crippen LogP contribution in [0.5, 0.6) is 11.5 Å². The molecule has 102 valence electrons. The largest absolute Gasteiger partial charge is 0.493 e. The van der Waals surface area contributed by atoms with Crippen LogP contribution in [-0.2, 0) is 4.79 Å². The standard InChI is InChI=1S/C14H17NO4/c1-18-12-5-3-4-11(13(12)19-2)14(17)15-8-6-10(16)7-9-15/h3-5H,6-9H2,1-2H3. The van der Waals surface area contributed by atoms with Crippen molar-refractivity contribution in [2.45, 2.75) is 12.8 Å². The number of Topliss-reactive ketones (excluding diaryl/α,β-unsaturated/α-hetero) is 1. The summed E-state index contributed by atoms with van der Waals surface area (Å²) < 4.78 is 10.4. The lowest BCUT2D eigenvalue weighted by Gasteiger charge is -2.26. The number of piperidine rings is 1. The third kappa shape index (κ3) is 2.70. The van der Waals surface area contributed by atoms with Crippen LogP contribution in [0, 0.1) is 0 Å². The Balaban J connectivity index is 2.26. The van der Waals surface area contributed by atoms with Crippen molar-refractivity contribution in [3.63, 3.8) is 0 Å². The molecule has 0 aliphatic carbocycles. The molecule has 0 aromatic heterocycles. The van der Waals surface area contributed by atoms with Gasteiger partial charge in [-0.15, -0.1) is 0 Å². The van der Waals surface area contributed by atoms with E-state index in [0.717, 1.165) is 0 Å². The average molecular weight is 263 g/mol. The number of carbonyl (C=O) groups excluding carboxylic acids is 2. The molecule has 2 rings (SSSR count). The number of carbonyl (C=O) groups is 2. The van der Waals surface area contributed by atoms with Crippen LogP contribution in [0.15, 0.2) is 18.2 Å². The van der Waals surface area contributed by atoms with Gasteiger partial charge in [0.15, 0.2) is 11.5 Å². The van der Waals surface area contributed by atoms with Crippen molar-refractivity contribution in [2.24, 2.45) is 0 Å². The highest BCUT2D eigenvalue weighted by Crippen LogP contribution is 2.31. The fraction of sp³-hybridized carbons (Fsp3) is 0.429. The number of amides is 1. The number of ether oxygens (including phenoxy) is 2. The summed E-state index contributed by atoms with van der Waals surface area (Å²) in [6.45, 7) is 0.941. The highest BCUT2D eigenvalue weighted by Gasteiger charge is 2.25. The summed E-state index contributed by atoms with van der Waals surface area (Å²) in [4.78, 5) is 25.3. The number of likely N-dealkylation sites (tertiary alicyclic amines) is 1. The minimum atomic E-state index is -0.122. The Bertz CT molecular complexity index is 488. The summed E-state index contributed by atoms with van der Waals surface area (Å²) in [5, 5.41) is 0. The van der Waals surface area contributed by atoms with Gasteiger partial charge in [-0.05, 0) is 12.1 Å². The molecule has 0 atom stereocenters. The molecule has 0 unspecified atom stereocenters. The number of rotatable bonds is 3. The molecular weight excluding hydrogens is 246 g/mol. The minimum Gasteiger partial charge on any atom is -0.493 e. The summed E-state index contributed by atoms with van der Waals surface area (Å²) >= 11 is 0. The van der Waals surface area contributed by atoms with Crippen LogP contribution in [0.4, 0.5) is 0 Å². The van der Waals surface area contributed by atoms with Crippen LogP contribution < -0.4 is 9.47 Å². The topological polar surface area (TPSA) is 55.8 Å². The van der Waals surface area contributed by atoms with Crippen LogP contribution in [0.2, 0.25) is 0 Å². The van der Waals surface area contributed by atoms with Gasteiger partial charge in [0.05, 0.1) is 19.8 Å². The van der Waals surface area contributed by atoms with E-state index in [4.69, 9.17) is 9.47 Å². The van der Waals surface area contributed by atoms with Crippen LogP contribution in [-0.4, -0.2) is 43.9 Å². The maximum absolute atomic E-state index is 12.4. The smallest absolute Gasteiger partial charge is 0.257 e. The molecule has 1 saturated heterocycles. The zero-order valence-electron chi connectivity index (χ0n) is 11.1. The molecule has 1 aromatic carbocycles. The zero-order valence-corrected chi connectivity index (χ0v) is 11.1. The number of nitrogens with zero attached hydrogens (tertiary/aromatic N) is 1. The number of benzene rings is 1. The van der Waals surface area contributed by atoms with Gasteiger partial charge < -0.3 is 14.4 Å². The molecule has 0 bridgehead atoms. The van der Waals surface area contributed by atoms with Crippen LogP contribution >= 0.6 is 0 Å². The van der Waals surface area contributed by atoms with Crippen LogP contribution in [0.3, 0.4) is 0 Å². The van der Waals surface area contributed by atoms with Crippen molar-refractivity contribution in [1.82, 2.24) is 4.90 Å². The van der Waals surface area contributed by atoms with Crippen molar-refractivity contribution >= 4 is 11.7 Å². The maximum atomic E-state index is 12.4. The molecule has 1 aromatic rings. The fourth-order valence-electron chi connectivity index (χ4n) is 2.19. The van der Waals surface area contributed by atoms with Gasteiger partial charge in [-0.2, -0.15) is 0 Å². The second-order valence-corrected chi connectivity index (χ2v) is 4.37. The molecular formula is C14H17NO4. The van der Waals surface area contributed by atoms with Gasteiger partial charge in [-0.3, -0.25) is 9.59 Å². The van der Waals surface area contributed by atoms with E-state index in [0.29, 0.717) is 43.0 Å². The highest BCUT2D eigenvalue weighted by molar-refractivity contribution is 5.98. The zero-order chi connectivity index (χ0) is 13.8. The average Bonchev–Trinajstić information content (AvgIpc) is 2.46. The van der Waals surface area contributed by atoms with E-state index in [2.05, 4.69) is 0 Å². The molecule has 19 heavy (non-hydrogen) atoms. The number of ketones is 1. The Morgan fingerprint density at radius 2 is 1.84 bits per heavy atom. The van der Waals surface area contributed by atoms with Gasteiger partial charge in [-0.25, -0.2) is 0 Å². The SMILES string of the molecule is COc1cccc(C(=O)N2CCC(=O)CC2)c1OC. The molecule has 0 N–H and O–H groups in total. The Hall–Kier alpha value is -2.04. The van der Waals surface area contributed by atoms with Gasteiger partial charge in [0.2, 0.25) is 0 Å². The van der Waals surface area contributed by atoms with Crippen LogP contribution in [0.1, 0.15) is 23.2 Å². The third-order valence-electron chi connectivity index (χ3n) is 3.24. The molecule has 1 aliphatic heterocycles. The van der Waals surface area contributed by atoms with E-state index in [-0.39, 0.29) is 11.7 Å². The van der Waals surface area contributed by atoms with E-state index in [1.165, 1.54) is 14.2 Å². The van der Waals surface area contributed by atoms with E-state index in [1.807, 2.05) is 0 Å². The second kappa shape index (κ2) is 5.73. The maximum Gasteiger partial charge on any atom is 0.257 e. The highest BCUT2D eigenvalue weighted by atomic mass is 16.5. The van der Waals surface area contributed by atoms with Crippen molar-refractivity contribution in [3.05, 3.63) is 23.8 Å². The normalized spacial score (nSPS) is 15.3. The van der Waals surface area contributed by atoms with Gasteiger partial charge in [0, 0.05) is 25.9 Å². The van der Waals surface area contributed by atoms with E-state index in [9.17, 15) is 9.59 Å². The molecule has 5 heteroatoms. The predicted octanol–water partition coefficient (Wildman–Crippen LogP) is 1.51. The van der Waals surface area contributed by atoms with Crippen LogP contribution in [0.25, 0.3) is 0 Å². The van der Waals surface area contributed by atoms with Gasteiger partial charge in [0.1, 0.15) is 5.78 Å². The van der Waals surface area contributed by atoms with Gasteiger partial charge in [-0.1, -0.05) is 6.07 Å². The summed E-state index contributed by atoms with van der Waals surface area (Å²) in [6.07, 6.45) is 0.857. The molecule has 0 radical (unpaired) electrons. The summed E-state index contributed by atoms with van der Waals surface area (Å²) in [5.74, 6) is 1.05. The first-order valence-corrected chi connectivity index (χ1v) is 6.19. The molecule has 1 aliphatic rings. The van der Waals surface area contributed by atoms with E-state index in [1.54, 1.807) is 23.1 Å². The summed E-state index contributed by atoms with van der Waals surface area (Å²) in [5.41, 5.74) is 0.469. The molecule has 0 spiro atoms. The van der Waals surface area contributed by atoms with E-state index < -0.39 is 0 Å². The number of hydrogen-bond donors (Lipinski definition) is 0. The van der Waals surface area contributed by atoms with Crippen molar-refractivity contribution < 1.29 is 19.1 Å². The van der Waals surface area contributed by atoms with Gasteiger partial charge >= 0.3 is 0 Å². The van der Waals surface area contributed by atoms with Crippen molar-refractivity contribution in [1.29, 1.82) is 0 Å². The third-order valence-corrected chi connectivity index (χ3v) is 3.24. The number of para-hydroxylation sites is 1. The molecule has 1 fully saturated rings. The molecule has 0 saturated carbocycles. The number of hydrogen-bond acceptors (Lipinski definition) is 4. The first-order valence-electron chi connectivity index (χ1n) is 6.19. The molecule has 1 amide bonds. The Morgan fingerprint density at radius 1 is 1.16 bits per heavy atom. The Kier molecular flexibility index (Phi) is 4.04. The quantitative estimate of drug-likeness (QED) is 0.829. The lowest BCUT2D eigenvalue weighted by molar-refractivity contribution is -0.120. The Morgan fingerprint density at radius 3 is 2.42 bits per heavy atom. The second-order valence-electron chi connectivity index (χ2n) is 4.37. The summed E-state index contributed by atoms with van der Waals surface area (Å²) in [7, 11) is 3.04. The predicted molar refractivity (Wildman–Crippen MR) is 69.7 cm³/mol. The lowest BCUT2D eigenvalue weighted by atomic mass is 10.1. The van der Waals surface area contributed by atoms with E-state index >= 15 is 0 Å². The Labute approximate surface area is 112 Å². The first-order chi connectivity index (χ1) is 9.17. The first kappa shape index (κ1) is 13.4.